The van der Waals surface area contributed by atoms with Crippen molar-refractivity contribution in [2.45, 2.75) is 51.0 Å². The van der Waals surface area contributed by atoms with E-state index in [-0.39, 0.29) is 11.8 Å². The van der Waals surface area contributed by atoms with Crippen molar-refractivity contribution in [1.29, 1.82) is 0 Å². The van der Waals surface area contributed by atoms with Gasteiger partial charge in [-0.15, -0.1) is 0 Å². The lowest BCUT2D eigenvalue weighted by Crippen LogP contribution is -2.38. The summed E-state index contributed by atoms with van der Waals surface area (Å²) in [5, 5.41) is 3.84. The Kier molecular flexibility index (Phi) is 5.15. The van der Waals surface area contributed by atoms with Gasteiger partial charge in [0.2, 0.25) is 11.8 Å². The fourth-order valence-corrected chi connectivity index (χ4v) is 4.67. The Morgan fingerprint density at radius 1 is 1.04 bits per heavy atom. The third-order valence-corrected chi connectivity index (χ3v) is 6.46. The summed E-state index contributed by atoms with van der Waals surface area (Å²) in [6.07, 6.45) is 4.66. The van der Waals surface area contributed by atoms with Gasteiger partial charge >= 0.3 is 0 Å². The molecule has 0 saturated heterocycles. The Labute approximate surface area is 170 Å². The van der Waals surface area contributed by atoms with Crippen LogP contribution in [0.5, 0.6) is 0 Å². The van der Waals surface area contributed by atoms with E-state index >= 15 is 0 Å². The largest absolute Gasteiger partial charge is 0.338 e. The van der Waals surface area contributed by atoms with Gasteiger partial charge in [0.15, 0.2) is 0 Å². The molecule has 1 N–H and O–H groups in total. The van der Waals surface area contributed by atoms with Crippen molar-refractivity contribution < 1.29 is 9.59 Å². The minimum atomic E-state index is -0.494. The third-order valence-electron chi connectivity index (χ3n) is 6.21. The molecule has 1 fully saturated rings. The molecule has 28 heavy (non-hydrogen) atoms. The summed E-state index contributed by atoms with van der Waals surface area (Å²) in [5.74, 6) is 0.138. The van der Waals surface area contributed by atoms with Crippen LogP contribution in [0.25, 0.3) is 0 Å². The van der Waals surface area contributed by atoms with Gasteiger partial charge in [0.05, 0.1) is 5.41 Å². The first-order valence-corrected chi connectivity index (χ1v) is 10.3. The first-order valence-electron chi connectivity index (χ1n) is 9.93. The van der Waals surface area contributed by atoms with Crippen molar-refractivity contribution >= 4 is 29.1 Å². The number of rotatable bonds is 3. The van der Waals surface area contributed by atoms with Crippen LogP contribution >= 0.6 is 11.6 Å². The molecule has 0 radical (unpaired) electrons. The van der Waals surface area contributed by atoms with Gasteiger partial charge in [-0.2, -0.15) is 0 Å². The van der Waals surface area contributed by atoms with Crippen molar-refractivity contribution in [3.8, 4) is 0 Å². The first kappa shape index (κ1) is 19.0. The van der Waals surface area contributed by atoms with Crippen molar-refractivity contribution in [2.24, 2.45) is 0 Å². The Hall–Kier alpha value is -2.33. The summed E-state index contributed by atoms with van der Waals surface area (Å²) in [4.78, 5) is 26.9. The summed E-state index contributed by atoms with van der Waals surface area (Å²) in [6.45, 7) is 2.97. The average Bonchev–Trinajstić information content (AvgIpc) is 3.19. The Morgan fingerprint density at radius 2 is 1.75 bits per heavy atom. The molecule has 0 unspecified atom stereocenters. The second-order valence-electron chi connectivity index (χ2n) is 7.92. The normalized spacial score (nSPS) is 17.9. The van der Waals surface area contributed by atoms with Crippen LogP contribution in [0, 0.1) is 0 Å². The molecular formula is C23H25ClN2O2. The highest BCUT2D eigenvalue weighted by Gasteiger charge is 2.42. The third kappa shape index (κ3) is 3.53. The number of carbonyl (C=O) groups is 2. The van der Waals surface area contributed by atoms with Crippen LogP contribution < -0.4 is 5.32 Å². The zero-order valence-electron chi connectivity index (χ0n) is 16.1. The minimum absolute atomic E-state index is 0.0477. The van der Waals surface area contributed by atoms with Crippen LogP contribution in [0.3, 0.4) is 0 Å². The summed E-state index contributed by atoms with van der Waals surface area (Å²) in [5.41, 5.74) is 3.71. The number of hydrogen-bond donors (Lipinski definition) is 1. The summed E-state index contributed by atoms with van der Waals surface area (Å²) < 4.78 is 0. The number of fused-ring (bicyclic) bond motifs is 1. The van der Waals surface area contributed by atoms with Gasteiger partial charge < -0.3 is 10.2 Å². The van der Waals surface area contributed by atoms with Crippen molar-refractivity contribution in [2.75, 3.05) is 11.9 Å². The van der Waals surface area contributed by atoms with E-state index in [4.69, 9.17) is 11.6 Å². The van der Waals surface area contributed by atoms with Gasteiger partial charge in [-0.1, -0.05) is 42.6 Å². The Balaban J connectivity index is 1.58. The van der Waals surface area contributed by atoms with Crippen LogP contribution in [-0.2, 0) is 28.0 Å². The van der Waals surface area contributed by atoms with Gasteiger partial charge in [-0.3, -0.25) is 9.59 Å². The highest BCUT2D eigenvalue weighted by atomic mass is 35.5. The van der Waals surface area contributed by atoms with Gasteiger partial charge in [0, 0.05) is 30.7 Å². The number of nitrogens with one attached hydrogen (secondary N) is 1. The van der Waals surface area contributed by atoms with E-state index in [9.17, 15) is 9.59 Å². The fraction of sp³-hybridized carbons (Fsp3) is 0.391. The van der Waals surface area contributed by atoms with E-state index in [1.807, 2.05) is 41.3 Å². The highest BCUT2D eigenvalue weighted by Crippen LogP contribution is 2.42. The second kappa shape index (κ2) is 7.59. The number of halogens is 1. The van der Waals surface area contributed by atoms with Gasteiger partial charge in [0.25, 0.3) is 0 Å². The summed E-state index contributed by atoms with van der Waals surface area (Å²) in [7, 11) is 0. The molecule has 1 aliphatic heterocycles. The van der Waals surface area contributed by atoms with E-state index in [1.54, 1.807) is 6.92 Å². The molecule has 146 valence electrons. The number of benzene rings is 2. The SMILES string of the molecule is CC(=O)N1CCc2ccc(NC(=O)C3(c4ccc(Cl)cc4)CCCC3)cc2C1. The molecule has 4 rings (SSSR count). The molecule has 0 spiro atoms. The Morgan fingerprint density at radius 3 is 2.43 bits per heavy atom. The van der Waals surface area contributed by atoms with E-state index in [1.165, 1.54) is 5.56 Å². The number of amides is 2. The molecule has 2 aromatic rings. The quantitative estimate of drug-likeness (QED) is 0.817. The van der Waals surface area contributed by atoms with E-state index in [0.717, 1.165) is 55.5 Å². The van der Waals surface area contributed by atoms with Crippen LogP contribution in [0.15, 0.2) is 42.5 Å². The first-order chi connectivity index (χ1) is 13.5. The van der Waals surface area contributed by atoms with Gasteiger partial charge in [-0.25, -0.2) is 0 Å². The van der Waals surface area contributed by atoms with Gasteiger partial charge in [0.1, 0.15) is 0 Å². The number of anilines is 1. The highest BCUT2D eigenvalue weighted by molar-refractivity contribution is 6.30. The molecule has 0 bridgehead atoms. The fourth-order valence-electron chi connectivity index (χ4n) is 4.55. The molecule has 1 aliphatic carbocycles. The van der Waals surface area contributed by atoms with Crippen molar-refractivity contribution in [3.63, 3.8) is 0 Å². The van der Waals surface area contributed by atoms with Gasteiger partial charge in [-0.05, 0) is 60.2 Å². The van der Waals surface area contributed by atoms with Crippen LogP contribution in [0.2, 0.25) is 5.02 Å². The predicted octanol–water partition coefficient (Wildman–Crippen LogP) is 4.70. The van der Waals surface area contributed by atoms with Crippen LogP contribution in [-0.4, -0.2) is 23.3 Å². The number of nitrogens with zero attached hydrogens (tertiary/aromatic N) is 1. The molecule has 1 heterocycles. The monoisotopic (exact) mass is 396 g/mol. The molecule has 2 aromatic carbocycles. The zero-order chi connectivity index (χ0) is 19.7. The molecule has 5 heteroatoms. The standard InChI is InChI=1S/C23H25ClN2O2/c1-16(27)26-13-10-17-4-9-21(14-18(17)15-26)25-22(28)23(11-2-3-12-23)19-5-7-20(24)8-6-19/h4-9,14H,2-3,10-13,15H2,1H3,(H,25,28). The average molecular weight is 397 g/mol. The molecule has 2 aliphatic rings. The maximum absolute atomic E-state index is 13.4. The number of hydrogen-bond acceptors (Lipinski definition) is 2. The topological polar surface area (TPSA) is 49.4 Å². The summed E-state index contributed by atoms with van der Waals surface area (Å²) >= 11 is 6.05. The molecule has 1 saturated carbocycles. The molecule has 2 amide bonds. The van der Waals surface area contributed by atoms with Crippen LogP contribution in [0.1, 0.15) is 49.3 Å². The lowest BCUT2D eigenvalue weighted by atomic mass is 9.78. The Bertz CT molecular complexity index is 901. The molecule has 4 nitrogen and oxygen atoms in total. The predicted molar refractivity (Wildman–Crippen MR) is 111 cm³/mol. The smallest absolute Gasteiger partial charge is 0.235 e. The lowest BCUT2D eigenvalue weighted by Gasteiger charge is -2.30. The lowest BCUT2D eigenvalue weighted by molar-refractivity contribution is -0.129. The summed E-state index contributed by atoms with van der Waals surface area (Å²) in [6, 6.07) is 13.7. The van der Waals surface area contributed by atoms with Crippen LogP contribution in [0.4, 0.5) is 5.69 Å². The van der Waals surface area contributed by atoms with E-state index < -0.39 is 5.41 Å². The van der Waals surface area contributed by atoms with Crippen molar-refractivity contribution in [1.82, 2.24) is 4.90 Å². The number of carbonyl (C=O) groups excluding carboxylic acids is 2. The zero-order valence-corrected chi connectivity index (χ0v) is 16.9. The van der Waals surface area contributed by atoms with E-state index in [2.05, 4.69) is 11.4 Å². The molecule has 0 atom stereocenters. The maximum atomic E-state index is 13.4. The maximum Gasteiger partial charge on any atom is 0.235 e. The second-order valence-corrected chi connectivity index (χ2v) is 8.36. The molecular weight excluding hydrogens is 372 g/mol. The van der Waals surface area contributed by atoms with E-state index in [0.29, 0.717) is 11.6 Å². The molecule has 0 aromatic heterocycles. The minimum Gasteiger partial charge on any atom is -0.338 e. The van der Waals surface area contributed by atoms with Crippen molar-refractivity contribution in [3.05, 3.63) is 64.2 Å².